The molecule has 2 amide bonds. The first kappa shape index (κ1) is 19.0. The molecule has 3 aliphatic rings. The Morgan fingerprint density at radius 2 is 1.54 bits per heavy atom. The summed E-state index contributed by atoms with van der Waals surface area (Å²) in [5.74, 6) is 0.509. The van der Waals surface area contributed by atoms with Gasteiger partial charge in [-0.15, -0.1) is 0 Å². The average Bonchev–Trinajstić information content (AvgIpc) is 2.99. The van der Waals surface area contributed by atoms with Crippen LogP contribution in [0.25, 0.3) is 5.57 Å². The Bertz CT molecular complexity index is 773. The van der Waals surface area contributed by atoms with Crippen LogP contribution in [0.2, 0.25) is 0 Å². The maximum absolute atomic E-state index is 13.5. The van der Waals surface area contributed by atoms with E-state index in [0.717, 1.165) is 63.2 Å². The summed E-state index contributed by atoms with van der Waals surface area (Å²) < 4.78 is 5.26. The van der Waals surface area contributed by atoms with Crippen molar-refractivity contribution in [2.45, 2.75) is 38.1 Å². The van der Waals surface area contributed by atoms with Gasteiger partial charge in [0.1, 0.15) is 11.4 Å². The molecule has 1 saturated carbocycles. The number of methoxy groups -OCH3 is 1. The van der Waals surface area contributed by atoms with Crippen LogP contribution in [0.4, 0.5) is 0 Å². The zero-order valence-corrected chi connectivity index (χ0v) is 16.8. The monoisotopic (exact) mass is 383 g/mol. The van der Waals surface area contributed by atoms with Crippen molar-refractivity contribution in [3.8, 4) is 5.75 Å². The molecular weight excluding hydrogens is 354 g/mol. The minimum Gasteiger partial charge on any atom is -0.497 e. The molecular formula is C22H29N3O3. The van der Waals surface area contributed by atoms with Crippen LogP contribution in [0.1, 0.15) is 37.7 Å². The first-order valence-electron chi connectivity index (χ1n) is 10.3. The van der Waals surface area contributed by atoms with Gasteiger partial charge in [-0.3, -0.25) is 14.5 Å². The summed E-state index contributed by atoms with van der Waals surface area (Å²) in [7, 11) is 3.71. The van der Waals surface area contributed by atoms with Crippen molar-refractivity contribution in [1.82, 2.24) is 14.7 Å². The number of hydrogen-bond acceptors (Lipinski definition) is 5. The second-order valence-electron chi connectivity index (χ2n) is 8.01. The summed E-state index contributed by atoms with van der Waals surface area (Å²) in [6.45, 7) is 3.32. The van der Waals surface area contributed by atoms with E-state index in [1.807, 2.05) is 24.3 Å². The van der Waals surface area contributed by atoms with Gasteiger partial charge in [0.05, 0.1) is 12.7 Å². The number of nitrogens with zero attached hydrogens (tertiary/aromatic N) is 3. The molecule has 6 heteroatoms. The lowest BCUT2D eigenvalue weighted by atomic mass is 9.94. The third-order valence-electron chi connectivity index (χ3n) is 6.23. The second kappa shape index (κ2) is 7.95. The van der Waals surface area contributed by atoms with Gasteiger partial charge in [-0.25, -0.2) is 0 Å². The van der Waals surface area contributed by atoms with Crippen molar-refractivity contribution in [1.29, 1.82) is 0 Å². The lowest BCUT2D eigenvalue weighted by Crippen LogP contribution is -2.47. The minimum atomic E-state index is -0.129. The topological polar surface area (TPSA) is 53.1 Å². The molecule has 0 radical (unpaired) electrons. The van der Waals surface area contributed by atoms with Crippen LogP contribution in [0.15, 0.2) is 30.0 Å². The van der Waals surface area contributed by atoms with Gasteiger partial charge in [0.25, 0.3) is 11.8 Å². The summed E-state index contributed by atoms with van der Waals surface area (Å²) in [5, 5.41) is 0. The largest absolute Gasteiger partial charge is 0.497 e. The van der Waals surface area contributed by atoms with Crippen LogP contribution in [-0.2, 0) is 9.59 Å². The highest BCUT2D eigenvalue weighted by molar-refractivity contribution is 6.35. The molecule has 0 atom stereocenters. The first-order valence-corrected chi connectivity index (χ1v) is 10.3. The van der Waals surface area contributed by atoms with Crippen molar-refractivity contribution in [3.63, 3.8) is 0 Å². The van der Waals surface area contributed by atoms with Crippen molar-refractivity contribution < 1.29 is 14.3 Å². The summed E-state index contributed by atoms with van der Waals surface area (Å²) in [6, 6.07) is 7.52. The smallest absolute Gasteiger partial charge is 0.278 e. The lowest BCUT2D eigenvalue weighted by molar-refractivity contribution is -0.141. The highest BCUT2D eigenvalue weighted by atomic mass is 16.5. The number of rotatable bonds is 4. The van der Waals surface area contributed by atoms with Crippen LogP contribution in [0.3, 0.4) is 0 Å². The van der Waals surface area contributed by atoms with Gasteiger partial charge in [-0.05, 0) is 37.6 Å². The highest BCUT2D eigenvalue weighted by Gasteiger charge is 2.45. The number of piperazine rings is 1. The zero-order chi connectivity index (χ0) is 19.7. The van der Waals surface area contributed by atoms with Gasteiger partial charge in [-0.2, -0.15) is 0 Å². The second-order valence-corrected chi connectivity index (χ2v) is 8.01. The molecule has 150 valence electrons. The molecule has 2 heterocycles. The number of hydrogen-bond donors (Lipinski definition) is 0. The molecule has 6 nitrogen and oxygen atoms in total. The Balaban J connectivity index is 1.72. The zero-order valence-electron chi connectivity index (χ0n) is 16.8. The van der Waals surface area contributed by atoms with Crippen molar-refractivity contribution in [2.75, 3.05) is 40.3 Å². The van der Waals surface area contributed by atoms with Gasteiger partial charge in [0.2, 0.25) is 0 Å². The Morgan fingerprint density at radius 1 is 0.893 bits per heavy atom. The molecule has 1 saturated heterocycles. The van der Waals surface area contributed by atoms with E-state index < -0.39 is 0 Å². The summed E-state index contributed by atoms with van der Waals surface area (Å²) in [4.78, 5) is 32.9. The Hall–Kier alpha value is -2.34. The number of imide groups is 1. The normalized spacial score (nSPS) is 22.4. The molecule has 2 fully saturated rings. The SMILES string of the molecule is COc1ccc(C2=C(N3CCN(C)CC3)C(=O)N(C3CCCCC3)C2=O)cc1. The molecule has 2 aliphatic heterocycles. The molecule has 1 aromatic carbocycles. The third kappa shape index (κ3) is 3.41. The van der Waals surface area contributed by atoms with E-state index in [4.69, 9.17) is 4.74 Å². The van der Waals surface area contributed by atoms with E-state index in [2.05, 4.69) is 16.8 Å². The van der Waals surface area contributed by atoms with Crippen molar-refractivity contribution in [2.24, 2.45) is 0 Å². The predicted octanol–water partition coefficient (Wildman–Crippen LogP) is 2.36. The fraction of sp³-hybridized carbons (Fsp3) is 0.545. The van der Waals surface area contributed by atoms with Gasteiger partial charge in [0.15, 0.2) is 0 Å². The molecule has 4 rings (SSSR count). The molecule has 1 aromatic rings. The number of carbonyl (C=O) groups excluding carboxylic acids is 2. The Labute approximate surface area is 166 Å². The number of carbonyl (C=O) groups is 2. The molecule has 28 heavy (non-hydrogen) atoms. The number of benzene rings is 1. The summed E-state index contributed by atoms with van der Waals surface area (Å²) >= 11 is 0. The van der Waals surface area contributed by atoms with E-state index in [-0.39, 0.29) is 17.9 Å². The lowest BCUT2D eigenvalue weighted by Gasteiger charge is -2.35. The summed E-state index contributed by atoms with van der Waals surface area (Å²) in [6.07, 6.45) is 5.20. The Kier molecular flexibility index (Phi) is 5.40. The van der Waals surface area contributed by atoms with Gasteiger partial charge in [-0.1, -0.05) is 31.4 Å². The van der Waals surface area contributed by atoms with Gasteiger partial charge >= 0.3 is 0 Å². The van der Waals surface area contributed by atoms with Crippen molar-refractivity contribution >= 4 is 17.4 Å². The molecule has 0 bridgehead atoms. The maximum Gasteiger partial charge on any atom is 0.278 e. The molecule has 1 aliphatic carbocycles. The Morgan fingerprint density at radius 3 is 2.14 bits per heavy atom. The first-order chi connectivity index (χ1) is 13.6. The predicted molar refractivity (Wildman–Crippen MR) is 108 cm³/mol. The number of likely N-dealkylation sites (N-methyl/N-ethyl adjacent to an activating group) is 1. The van der Waals surface area contributed by atoms with Crippen LogP contribution >= 0.6 is 0 Å². The maximum atomic E-state index is 13.5. The number of amides is 2. The fourth-order valence-electron chi connectivity index (χ4n) is 4.55. The van der Waals surface area contributed by atoms with Gasteiger partial charge in [0, 0.05) is 32.2 Å². The number of ether oxygens (including phenoxy) is 1. The minimum absolute atomic E-state index is 0.0342. The van der Waals surface area contributed by atoms with Crippen LogP contribution in [0, 0.1) is 0 Å². The van der Waals surface area contributed by atoms with Crippen LogP contribution in [-0.4, -0.2) is 72.9 Å². The molecule has 0 N–H and O–H groups in total. The van der Waals surface area contributed by atoms with Crippen molar-refractivity contribution in [3.05, 3.63) is 35.5 Å². The van der Waals surface area contributed by atoms with E-state index in [1.165, 1.54) is 6.42 Å². The van der Waals surface area contributed by atoms with Crippen LogP contribution < -0.4 is 4.74 Å². The average molecular weight is 383 g/mol. The summed E-state index contributed by atoms with van der Waals surface area (Å²) in [5.41, 5.74) is 1.95. The molecule has 0 aromatic heterocycles. The fourth-order valence-corrected chi connectivity index (χ4v) is 4.55. The highest BCUT2D eigenvalue weighted by Crippen LogP contribution is 2.36. The standard InChI is InChI=1S/C22H29N3O3/c1-23-12-14-24(15-13-23)20-19(16-8-10-18(28-2)11-9-16)21(26)25(22(20)27)17-6-4-3-5-7-17/h8-11,17H,3-7,12-15H2,1-2H3. The van der Waals surface area contributed by atoms with E-state index >= 15 is 0 Å². The molecule has 0 spiro atoms. The molecule has 0 unspecified atom stereocenters. The van der Waals surface area contributed by atoms with E-state index in [1.54, 1.807) is 12.0 Å². The van der Waals surface area contributed by atoms with E-state index in [0.29, 0.717) is 11.3 Å². The third-order valence-corrected chi connectivity index (χ3v) is 6.23. The van der Waals surface area contributed by atoms with E-state index in [9.17, 15) is 9.59 Å². The van der Waals surface area contributed by atoms with Crippen LogP contribution in [0.5, 0.6) is 5.75 Å². The quantitative estimate of drug-likeness (QED) is 0.747. The van der Waals surface area contributed by atoms with Gasteiger partial charge < -0.3 is 14.5 Å².